The predicted octanol–water partition coefficient (Wildman–Crippen LogP) is 3.93. The van der Waals surface area contributed by atoms with E-state index in [1.165, 1.54) is 0 Å². The first-order valence-corrected chi connectivity index (χ1v) is 7.70. The Kier molecular flexibility index (Phi) is 6.18. The fraction of sp³-hybridized carbons (Fsp3) is 0.222. The van der Waals surface area contributed by atoms with Gasteiger partial charge >= 0.3 is 0 Å². The lowest BCUT2D eigenvalue weighted by Crippen LogP contribution is -2.24. The van der Waals surface area contributed by atoms with Gasteiger partial charge in [-0.15, -0.1) is 0 Å². The second-order valence-electron chi connectivity index (χ2n) is 5.21. The number of aryl methyl sites for hydroxylation is 1. The van der Waals surface area contributed by atoms with Gasteiger partial charge in [0.2, 0.25) is 0 Å². The molecule has 0 saturated heterocycles. The Morgan fingerprint density at radius 3 is 2.74 bits per heavy atom. The van der Waals surface area contributed by atoms with E-state index in [-0.39, 0.29) is 18.4 Å². The first kappa shape index (κ1) is 17.0. The molecular weight excluding hydrogens is 312 g/mol. The molecule has 23 heavy (non-hydrogen) atoms. The summed E-state index contributed by atoms with van der Waals surface area (Å²) in [5.74, 6) is 0.411. The van der Waals surface area contributed by atoms with E-state index in [0.29, 0.717) is 10.8 Å². The highest BCUT2D eigenvalue weighted by atomic mass is 35.5. The van der Waals surface area contributed by atoms with Gasteiger partial charge in [-0.2, -0.15) is 5.10 Å². The molecule has 1 atom stereocenters. The average molecular weight is 331 g/mol. The number of rotatable bonds is 6. The first-order valence-electron chi connectivity index (χ1n) is 7.32. The summed E-state index contributed by atoms with van der Waals surface area (Å²) in [5, 5.41) is 4.63. The Labute approximate surface area is 141 Å². The van der Waals surface area contributed by atoms with Crippen LogP contribution in [0.3, 0.4) is 0 Å². The Morgan fingerprint density at radius 1 is 1.30 bits per heavy atom. The Balaban J connectivity index is 1.78. The minimum atomic E-state index is -0.311. The van der Waals surface area contributed by atoms with Gasteiger partial charge in [-0.05, 0) is 36.2 Å². The minimum absolute atomic E-state index is 0.0991. The molecule has 0 bridgehead atoms. The molecule has 0 aliphatic rings. The summed E-state index contributed by atoms with van der Waals surface area (Å²) in [6.07, 6.45) is 1.69. The maximum atomic E-state index is 11.7. The molecule has 1 N–H and O–H groups in total. The third-order valence-electron chi connectivity index (χ3n) is 3.31. The molecule has 0 fully saturated rings. The fourth-order valence-electron chi connectivity index (χ4n) is 1.95. The second-order valence-corrected chi connectivity index (χ2v) is 5.62. The molecule has 1 amide bonds. The number of hydrogen-bond acceptors (Lipinski definition) is 3. The number of halogens is 1. The maximum Gasteiger partial charge on any atom is 0.277 e. The van der Waals surface area contributed by atoms with Gasteiger partial charge in [0.15, 0.2) is 6.61 Å². The molecule has 0 spiro atoms. The molecule has 1 unspecified atom stereocenters. The summed E-state index contributed by atoms with van der Waals surface area (Å²) < 4.78 is 5.40. The largest absolute Gasteiger partial charge is 0.484 e. The van der Waals surface area contributed by atoms with Crippen molar-refractivity contribution in [2.24, 2.45) is 5.10 Å². The monoisotopic (exact) mass is 330 g/mol. The number of ether oxygens (including phenoxy) is 1. The van der Waals surface area contributed by atoms with Crippen LogP contribution in [0.1, 0.15) is 24.0 Å². The zero-order chi connectivity index (χ0) is 16.7. The van der Waals surface area contributed by atoms with E-state index in [1.54, 1.807) is 24.4 Å². The number of benzene rings is 2. The highest BCUT2D eigenvalue weighted by molar-refractivity contribution is 6.31. The van der Waals surface area contributed by atoms with E-state index in [0.717, 1.165) is 11.1 Å². The number of nitrogens with zero attached hydrogens (tertiary/aromatic N) is 1. The minimum Gasteiger partial charge on any atom is -0.484 e. The van der Waals surface area contributed by atoms with Crippen LogP contribution in [0.15, 0.2) is 53.6 Å². The number of carbonyl (C=O) groups is 1. The van der Waals surface area contributed by atoms with Crippen LogP contribution in [0.4, 0.5) is 0 Å². The van der Waals surface area contributed by atoms with Crippen molar-refractivity contribution in [3.05, 3.63) is 64.7 Å². The molecule has 2 rings (SSSR count). The van der Waals surface area contributed by atoms with Gasteiger partial charge in [-0.1, -0.05) is 48.9 Å². The van der Waals surface area contributed by atoms with Crippen LogP contribution in [-0.4, -0.2) is 18.7 Å². The predicted molar refractivity (Wildman–Crippen MR) is 93.2 cm³/mol. The molecule has 2 aromatic rings. The van der Waals surface area contributed by atoms with Crippen molar-refractivity contribution in [3.63, 3.8) is 0 Å². The van der Waals surface area contributed by atoms with Crippen LogP contribution in [0, 0.1) is 6.92 Å². The van der Waals surface area contributed by atoms with Crippen molar-refractivity contribution in [2.45, 2.75) is 19.8 Å². The number of hydrazone groups is 1. The van der Waals surface area contributed by atoms with Crippen LogP contribution in [0.2, 0.25) is 5.02 Å². The topological polar surface area (TPSA) is 50.7 Å². The van der Waals surface area contributed by atoms with E-state index in [1.807, 2.05) is 44.2 Å². The smallest absolute Gasteiger partial charge is 0.277 e. The molecule has 120 valence electrons. The number of carbonyl (C=O) groups excluding carboxylic acids is 1. The number of nitrogens with one attached hydrogen (secondary N) is 1. The molecule has 5 heteroatoms. The Hall–Kier alpha value is -2.33. The molecule has 2 aromatic carbocycles. The van der Waals surface area contributed by atoms with Gasteiger partial charge in [-0.3, -0.25) is 4.79 Å². The van der Waals surface area contributed by atoms with Gasteiger partial charge in [0.1, 0.15) is 5.75 Å². The molecule has 0 aliphatic carbocycles. The van der Waals surface area contributed by atoms with Crippen LogP contribution in [0.5, 0.6) is 5.75 Å². The normalized spacial score (nSPS) is 12.1. The van der Waals surface area contributed by atoms with Crippen molar-refractivity contribution >= 4 is 23.7 Å². The van der Waals surface area contributed by atoms with E-state index in [2.05, 4.69) is 10.5 Å². The summed E-state index contributed by atoms with van der Waals surface area (Å²) in [6, 6.07) is 15.2. The second kappa shape index (κ2) is 8.34. The zero-order valence-corrected chi connectivity index (χ0v) is 13.9. The van der Waals surface area contributed by atoms with Crippen LogP contribution in [0.25, 0.3) is 0 Å². The van der Waals surface area contributed by atoms with E-state index in [9.17, 15) is 4.79 Å². The number of hydrogen-bond donors (Lipinski definition) is 1. The molecular formula is C18H19ClN2O2. The molecule has 0 radical (unpaired) electrons. The van der Waals surface area contributed by atoms with Crippen molar-refractivity contribution in [2.75, 3.05) is 6.61 Å². The third-order valence-corrected chi connectivity index (χ3v) is 3.74. The van der Waals surface area contributed by atoms with Crippen molar-refractivity contribution in [1.82, 2.24) is 5.43 Å². The zero-order valence-electron chi connectivity index (χ0n) is 13.1. The van der Waals surface area contributed by atoms with E-state index in [4.69, 9.17) is 16.3 Å². The summed E-state index contributed by atoms with van der Waals surface area (Å²) >= 11 is 5.94. The Morgan fingerprint density at radius 2 is 2.04 bits per heavy atom. The molecule has 4 nitrogen and oxygen atoms in total. The first-order chi connectivity index (χ1) is 11.1. The van der Waals surface area contributed by atoms with Gasteiger partial charge in [0.25, 0.3) is 5.91 Å². The quantitative estimate of drug-likeness (QED) is 0.644. The highest BCUT2D eigenvalue weighted by Crippen LogP contribution is 2.20. The fourth-order valence-corrected chi connectivity index (χ4v) is 2.07. The van der Waals surface area contributed by atoms with Crippen LogP contribution < -0.4 is 10.2 Å². The van der Waals surface area contributed by atoms with Gasteiger partial charge in [0.05, 0.1) is 0 Å². The van der Waals surface area contributed by atoms with E-state index < -0.39 is 0 Å². The SMILES string of the molecule is Cc1cc(OCC(=O)NN=CC(C)c2ccccc2)ccc1Cl. The third kappa shape index (κ3) is 5.42. The molecule has 0 saturated carbocycles. The standard InChI is InChI=1S/C18H19ClN2O2/c1-13-10-16(8-9-17(13)19)23-12-18(22)21-20-11-14(2)15-6-4-3-5-7-15/h3-11,14H,12H2,1-2H3,(H,21,22). The molecule has 0 aliphatic heterocycles. The van der Waals surface area contributed by atoms with Crippen molar-refractivity contribution < 1.29 is 9.53 Å². The molecule has 0 aromatic heterocycles. The summed E-state index contributed by atoms with van der Waals surface area (Å²) in [7, 11) is 0. The lowest BCUT2D eigenvalue weighted by Gasteiger charge is -2.07. The summed E-state index contributed by atoms with van der Waals surface area (Å²) in [4.78, 5) is 11.7. The van der Waals surface area contributed by atoms with Crippen LogP contribution in [-0.2, 0) is 4.79 Å². The van der Waals surface area contributed by atoms with E-state index >= 15 is 0 Å². The van der Waals surface area contributed by atoms with Gasteiger partial charge < -0.3 is 4.74 Å². The van der Waals surface area contributed by atoms with Gasteiger partial charge in [0, 0.05) is 17.2 Å². The lowest BCUT2D eigenvalue weighted by atomic mass is 10.0. The maximum absolute atomic E-state index is 11.7. The average Bonchev–Trinajstić information content (AvgIpc) is 2.56. The van der Waals surface area contributed by atoms with Crippen molar-refractivity contribution in [1.29, 1.82) is 0 Å². The van der Waals surface area contributed by atoms with Gasteiger partial charge in [-0.25, -0.2) is 5.43 Å². The van der Waals surface area contributed by atoms with Crippen LogP contribution >= 0.6 is 11.6 Å². The Bertz CT molecular complexity index is 687. The highest BCUT2D eigenvalue weighted by Gasteiger charge is 2.04. The summed E-state index contributed by atoms with van der Waals surface area (Å²) in [5.41, 5.74) is 4.50. The number of amides is 1. The lowest BCUT2D eigenvalue weighted by molar-refractivity contribution is -0.123. The molecule has 0 heterocycles. The summed E-state index contributed by atoms with van der Waals surface area (Å²) in [6.45, 7) is 3.79. The van der Waals surface area contributed by atoms with Crippen molar-refractivity contribution in [3.8, 4) is 5.75 Å².